The number of aryl methyl sites for hydroxylation is 2. The van der Waals surface area contributed by atoms with E-state index in [0.29, 0.717) is 40.2 Å². The summed E-state index contributed by atoms with van der Waals surface area (Å²) >= 11 is 7.56. The maximum atomic E-state index is 14.7. The van der Waals surface area contributed by atoms with E-state index in [1.54, 1.807) is 0 Å². The summed E-state index contributed by atoms with van der Waals surface area (Å²) in [5.41, 5.74) is 6.75. The van der Waals surface area contributed by atoms with Gasteiger partial charge in [0, 0.05) is 47.8 Å². The van der Waals surface area contributed by atoms with Crippen molar-refractivity contribution in [2.45, 2.75) is 52.4 Å². The number of aromatic nitrogens is 2. The van der Waals surface area contributed by atoms with Gasteiger partial charge < -0.3 is 10.2 Å². The summed E-state index contributed by atoms with van der Waals surface area (Å²) in [4.78, 5) is 35.9. The van der Waals surface area contributed by atoms with Gasteiger partial charge in [0.2, 0.25) is 0 Å². The van der Waals surface area contributed by atoms with Crippen LogP contribution in [0.25, 0.3) is 27.5 Å². The van der Waals surface area contributed by atoms with Crippen molar-refractivity contribution in [3.8, 4) is 27.5 Å². The number of nitrogens with one attached hydrogen (secondary N) is 1. The molecule has 1 saturated heterocycles. The third-order valence-electron chi connectivity index (χ3n) is 8.71. The lowest BCUT2D eigenvalue weighted by atomic mass is 9.81. The minimum absolute atomic E-state index is 0.00216. The molecular weight excluding hydrogens is 564 g/mol. The van der Waals surface area contributed by atoms with Crippen LogP contribution >= 0.6 is 22.9 Å². The van der Waals surface area contributed by atoms with E-state index in [-0.39, 0.29) is 11.5 Å². The lowest BCUT2D eigenvalue weighted by Crippen LogP contribution is -2.47. The van der Waals surface area contributed by atoms with E-state index < -0.39 is 0 Å². The first kappa shape index (κ1) is 28.8. The van der Waals surface area contributed by atoms with Gasteiger partial charge in [-0.25, -0.2) is 4.98 Å². The highest BCUT2D eigenvalue weighted by Crippen LogP contribution is 2.35. The van der Waals surface area contributed by atoms with Crippen molar-refractivity contribution in [1.29, 1.82) is 0 Å². The van der Waals surface area contributed by atoms with Gasteiger partial charge in [-0.05, 0) is 54.5 Å². The molecule has 1 amide bonds. The zero-order chi connectivity index (χ0) is 29.2. The smallest absolute Gasteiger partial charge is 0.265 e. The van der Waals surface area contributed by atoms with Crippen molar-refractivity contribution in [2.24, 2.45) is 5.92 Å². The van der Waals surface area contributed by atoms with Gasteiger partial charge in [-0.2, -0.15) is 0 Å². The Bertz CT molecular complexity index is 1630. The normalized spacial score (nSPS) is 15.5. The molecule has 2 aliphatic rings. The molecule has 1 aliphatic carbocycles. The highest BCUT2D eigenvalue weighted by atomic mass is 35.5. The van der Waals surface area contributed by atoms with Gasteiger partial charge in [-0.15, -0.1) is 11.3 Å². The number of benzene rings is 2. The minimum Gasteiger partial charge on any atom is -0.336 e. The Balaban J connectivity index is 1.60. The van der Waals surface area contributed by atoms with Gasteiger partial charge in [0.05, 0.1) is 22.5 Å². The minimum atomic E-state index is -0.103. The number of pyridine rings is 1. The molecule has 2 fully saturated rings. The quantitative estimate of drug-likeness (QED) is 0.242. The van der Waals surface area contributed by atoms with Crippen LogP contribution < -0.4 is 10.9 Å². The summed E-state index contributed by atoms with van der Waals surface area (Å²) in [6, 6.07) is 15.7. The molecular formula is C34H37ClN4O2S. The number of carbonyl (C=O) groups is 1. The Kier molecular flexibility index (Phi) is 8.61. The molecule has 0 radical (unpaired) electrons. The van der Waals surface area contributed by atoms with E-state index in [2.05, 4.69) is 37.4 Å². The predicted molar refractivity (Wildman–Crippen MR) is 172 cm³/mol. The second-order valence-corrected chi connectivity index (χ2v) is 12.6. The molecule has 6 nitrogen and oxygen atoms in total. The van der Waals surface area contributed by atoms with Crippen molar-refractivity contribution >= 4 is 28.8 Å². The van der Waals surface area contributed by atoms with E-state index in [4.69, 9.17) is 16.6 Å². The summed E-state index contributed by atoms with van der Waals surface area (Å²) < 4.78 is 1.91. The zero-order valence-electron chi connectivity index (χ0n) is 24.3. The van der Waals surface area contributed by atoms with Gasteiger partial charge >= 0.3 is 0 Å². The highest BCUT2D eigenvalue weighted by Gasteiger charge is 2.30. The average molecular weight is 601 g/mol. The van der Waals surface area contributed by atoms with Crippen LogP contribution in [0.5, 0.6) is 0 Å². The fourth-order valence-corrected chi connectivity index (χ4v) is 7.05. The topological polar surface area (TPSA) is 67.2 Å². The van der Waals surface area contributed by atoms with Crippen molar-refractivity contribution in [2.75, 3.05) is 26.2 Å². The number of thiazole rings is 1. The highest BCUT2D eigenvalue weighted by molar-refractivity contribution is 7.13. The van der Waals surface area contributed by atoms with Gasteiger partial charge in [-0.1, -0.05) is 75.0 Å². The van der Waals surface area contributed by atoms with Crippen LogP contribution in [-0.4, -0.2) is 46.5 Å². The first-order valence-electron chi connectivity index (χ1n) is 15.1. The number of para-hydroxylation sites is 1. The molecule has 1 saturated carbocycles. The van der Waals surface area contributed by atoms with Crippen molar-refractivity contribution < 1.29 is 4.79 Å². The molecule has 2 aromatic heterocycles. The molecule has 0 atom stereocenters. The Morgan fingerprint density at radius 3 is 2.36 bits per heavy atom. The van der Waals surface area contributed by atoms with Crippen LogP contribution in [0.3, 0.4) is 0 Å². The molecule has 1 aliphatic heterocycles. The van der Waals surface area contributed by atoms with Crippen LogP contribution in [0.15, 0.2) is 58.7 Å². The summed E-state index contributed by atoms with van der Waals surface area (Å²) in [6.07, 6.45) is 5.77. The molecule has 1 N–H and O–H groups in total. The molecule has 0 unspecified atom stereocenters. The van der Waals surface area contributed by atoms with Crippen molar-refractivity contribution in [1.82, 2.24) is 19.8 Å². The summed E-state index contributed by atoms with van der Waals surface area (Å²) in [6.45, 7) is 7.10. The summed E-state index contributed by atoms with van der Waals surface area (Å²) in [5, 5.41) is 6.61. The molecule has 42 heavy (non-hydrogen) atoms. The number of nitrogens with zero attached hydrogens (tertiary/aromatic N) is 3. The van der Waals surface area contributed by atoms with Crippen LogP contribution in [0.1, 0.15) is 60.3 Å². The number of hydrogen-bond donors (Lipinski definition) is 1. The number of rotatable bonds is 8. The molecule has 0 spiro atoms. The molecule has 2 aromatic carbocycles. The van der Waals surface area contributed by atoms with E-state index >= 15 is 0 Å². The van der Waals surface area contributed by atoms with Gasteiger partial charge in [0.1, 0.15) is 5.01 Å². The molecule has 4 aromatic rings. The first-order valence-corrected chi connectivity index (χ1v) is 16.4. The fourth-order valence-electron chi connectivity index (χ4n) is 6.09. The average Bonchev–Trinajstić information content (AvgIpc) is 3.49. The Hall–Kier alpha value is -3.26. The standard InChI is InChI=1S/C34H37ClN4O2S/c1-3-23-9-6-10-24(4-2)31(23)39-30(19-22-7-5-8-22)27(33(40)38-17-15-36-16-18-38)20-28(34(39)41)32-37-29(21-42-32)25-11-13-26(35)14-12-25/h6,9-14,20-22,36H,3-5,7-8,15-19H2,1-2H3. The molecule has 3 heterocycles. The van der Waals surface area contributed by atoms with Crippen LogP contribution in [0.4, 0.5) is 0 Å². The lowest BCUT2D eigenvalue weighted by Gasteiger charge is -2.32. The van der Waals surface area contributed by atoms with Gasteiger partial charge in [-0.3, -0.25) is 14.2 Å². The Labute approximate surface area is 256 Å². The fraction of sp³-hybridized carbons (Fsp3) is 0.382. The predicted octanol–water partition coefficient (Wildman–Crippen LogP) is 6.79. The Morgan fingerprint density at radius 1 is 1.05 bits per heavy atom. The third-order valence-corrected chi connectivity index (χ3v) is 9.84. The zero-order valence-corrected chi connectivity index (χ0v) is 25.9. The maximum Gasteiger partial charge on any atom is 0.265 e. The number of piperazine rings is 1. The molecule has 6 rings (SSSR count). The number of halogens is 1. The summed E-state index contributed by atoms with van der Waals surface area (Å²) in [5.74, 6) is 0.480. The van der Waals surface area contributed by atoms with Crippen molar-refractivity contribution in [3.05, 3.63) is 91.7 Å². The van der Waals surface area contributed by atoms with E-state index in [1.165, 1.54) is 17.8 Å². The first-order chi connectivity index (χ1) is 20.5. The van der Waals surface area contributed by atoms with Crippen LogP contribution in [0, 0.1) is 5.92 Å². The lowest BCUT2D eigenvalue weighted by molar-refractivity contribution is 0.0733. The van der Waals surface area contributed by atoms with Crippen molar-refractivity contribution in [3.63, 3.8) is 0 Å². The van der Waals surface area contributed by atoms with Crippen LogP contribution in [-0.2, 0) is 19.3 Å². The van der Waals surface area contributed by atoms with Crippen LogP contribution in [0.2, 0.25) is 5.02 Å². The third kappa shape index (κ3) is 5.58. The molecule has 218 valence electrons. The Morgan fingerprint density at radius 2 is 1.74 bits per heavy atom. The summed E-state index contributed by atoms with van der Waals surface area (Å²) in [7, 11) is 0. The van der Waals surface area contributed by atoms with Gasteiger partial charge in [0.15, 0.2) is 0 Å². The SMILES string of the molecule is CCc1cccc(CC)c1-n1c(CC2CCC2)c(C(=O)N2CCNCC2)cc(-c2nc(-c3ccc(Cl)cc3)cs2)c1=O. The van der Waals surface area contributed by atoms with Gasteiger partial charge in [0.25, 0.3) is 11.5 Å². The monoisotopic (exact) mass is 600 g/mol. The van der Waals surface area contributed by atoms with E-state index in [0.717, 1.165) is 79.0 Å². The molecule has 8 heteroatoms. The second-order valence-electron chi connectivity index (χ2n) is 11.3. The number of hydrogen-bond acceptors (Lipinski definition) is 5. The van der Waals surface area contributed by atoms with E-state index in [9.17, 15) is 9.59 Å². The number of carbonyl (C=O) groups excluding carboxylic acids is 1. The number of amides is 1. The maximum absolute atomic E-state index is 14.7. The largest absolute Gasteiger partial charge is 0.336 e. The second kappa shape index (κ2) is 12.5. The molecule has 0 bridgehead atoms. The van der Waals surface area contributed by atoms with E-state index in [1.807, 2.05) is 45.2 Å².